The van der Waals surface area contributed by atoms with Gasteiger partial charge in [0.1, 0.15) is 11.3 Å². The van der Waals surface area contributed by atoms with Gasteiger partial charge in [0, 0.05) is 48.2 Å². The number of rotatable bonds is 5. The SMILES string of the molecule is CCc1oc2ccccc2c1CN(C)C(=O)c1ccc(C)c([N+](=O)[O-])c1. The van der Waals surface area contributed by atoms with Crippen LogP contribution in [-0.4, -0.2) is 22.8 Å². The van der Waals surface area contributed by atoms with Crippen molar-refractivity contribution in [3.8, 4) is 0 Å². The predicted molar refractivity (Wildman–Crippen MR) is 99.2 cm³/mol. The van der Waals surface area contributed by atoms with Gasteiger partial charge in [-0.1, -0.05) is 31.2 Å². The highest BCUT2D eigenvalue weighted by atomic mass is 16.6. The second kappa shape index (κ2) is 7.00. The molecule has 134 valence electrons. The second-order valence-corrected chi connectivity index (χ2v) is 6.27. The maximum Gasteiger partial charge on any atom is 0.273 e. The zero-order valence-electron chi connectivity index (χ0n) is 15.0. The Balaban J connectivity index is 1.91. The van der Waals surface area contributed by atoms with Gasteiger partial charge in [-0.3, -0.25) is 14.9 Å². The van der Waals surface area contributed by atoms with Gasteiger partial charge < -0.3 is 9.32 Å². The van der Waals surface area contributed by atoms with E-state index in [-0.39, 0.29) is 11.6 Å². The molecule has 0 fully saturated rings. The van der Waals surface area contributed by atoms with Crippen molar-refractivity contribution in [1.29, 1.82) is 0 Å². The average Bonchev–Trinajstić information content (AvgIpc) is 2.99. The number of fused-ring (bicyclic) bond motifs is 1. The van der Waals surface area contributed by atoms with E-state index in [0.29, 0.717) is 17.7 Å². The van der Waals surface area contributed by atoms with Crippen molar-refractivity contribution in [2.75, 3.05) is 7.05 Å². The number of hydrogen-bond donors (Lipinski definition) is 0. The van der Waals surface area contributed by atoms with Gasteiger partial charge in [-0.2, -0.15) is 0 Å². The van der Waals surface area contributed by atoms with Crippen molar-refractivity contribution in [2.24, 2.45) is 0 Å². The molecule has 3 aromatic rings. The molecule has 0 N–H and O–H groups in total. The van der Waals surface area contributed by atoms with Crippen LogP contribution >= 0.6 is 0 Å². The van der Waals surface area contributed by atoms with Gasteiger partial charge in [0.2, 0.25) is 0 Å². The maximum absolute atomic E-state index is 12.8. The van der Waals surface area contributed by atoms with E-state index < -0.39 is 4.92 Å². The summed E-state index contributed by atoms with van der Waals surface area (Å²) in [7, 11) is 1.69. The molecule has 1 amide bonds. The van der Waals surface area contributed by atoms with E-state index in [1.165, 1.54) is 6.07 Å². The maximum atomic E-state index is 12.8. The molecule has 1 heterocycles. The number of nitro benzene ring substituents is 1. The summed E-state index contributed by atoms with van der Waals surface area (Å²) >= 11 is 0. The summed E-state index contributed by atoms with van der Waals surface area (Å²) in [4.78, 5) is 25.0. The normalized spacial score (nSPS) is 10.9. The van der Waals surface area contributed by atoms with E-state index in [1.807, 2.05) is 31.2 Å². The summed E-state index contributed by atoms with van der Waals surface area (Å²) in [5.41, 5.74) is 2.55. The van der Waals surface area contributed by atoms with E-state index in [0.717, 1.165) is 28.7 Å². The molecule has 0 aliphatic heterocycles. The molecule has 0 bridgehead atoms. The van der Waals surface area contributed by atoms with Gasteiger partial charge in [-0.25, -0.2) is 0 Å². The number of nitro groups is 1. The van der Waals surface area contributed by atoms with Crippen LogP contribution in [0.4, 0.5) is 5.69 Å². The minimum Gasteiger partial charge on any atom is -0.461 e. The van der Waals surface area contributed by atoms with Crippen LogP contribution in [0.3, 0.4) is 0 Å². The molecule has 6 heteroatoms. The first kappa shape index (κ1) is 17.7. The molecule has 0 aliphatic rings. The van der Waals surface area contributed by atoms with Gasteiger partial charge in [0.15, 0.2) is 0 Å². The van der Waals surface area contributed by atoms with E-state index in [9.17, 15) is 14.9 Å². The lowest BCUT2D eigenvalue weighted by Gasteiger charge is -2.17. The molecular formula is C20H20N2O4. The van der Waals surface area contributed by atoms with Crippen molar-refractivity contribution in [3.05, 3.63) is 75.0 Å². The highest BCUT2D eigenvalue weighted by Crippen LogP contribution is 2.28. The Labute approximate surface area is 151 Å². The quantitative estimate of drug-likeness (QED) is 0.501. The molecule has 6 nitrogen and oxygen atoms in total. The lowest BCUT2D eigenvalue weighted by Crippen LogP contribution is -2.26. The first-order valence-corrected chi connectivity index (χ1v) is 8.42. The fourth-order valence-electron chi connectivity index (χ4n) is 3.08. The first-order chi connectivity index (χ1) is 12.4. The fraction of sp³-hybridized carbons (Fsp3) is 0.250. The van der Waals surface area contributed by atoms with E-state index in [2.05, 4.69) is 0 Å². The summed E-state index contributed by atoms with van der Waals surface area (Å²) in [6, 6.07) is 12.3. The number of carbonyl (C=O) groups excluding carboxylic acids is 1. The van der Waals surface area contributed by atoms with Gasteiger partial charge >= 0.3 is 0 Å². The molecule has 0 spiro atoms. The Kier molecular flexibility index (Phi) is 4.75. The van der Waals surface area contributed by atoms with Gasteiger partial charge in [0.25, 0.3) is 11.6 Å². The monoisotopic (exact) mass is 352 g/mol. The van der Waals surface area contributed by atoms with Crippen LogP contribution in [0, 0.1) is 17.0 Å². The van der Waals surface area contributed by atoms with Crippen LogP contribution in [0.15, 0.2) is 46.9 Å². The molecular weight excluding hydrogens is 332 g/mol. The molecule has 0 saturated carbocycles. The predicted octanol–water partition coefficient (Wildman–Crippen LogP) is 4.48. The van der Waals surface area contributed by atoms with Gasteiger partial charge in [0.05, 0.1) is 4.92 Å². The van der Waals surface area contributed by atoms with Crippen molar-refractivity contribution in [2.45, 2.75) is 26.8 Å². The van der Waals surface area contributed by atoms with Crippen molar-refractivity contribution < 1.29 is 14.1 Å². The second-order valence-electron chi connectivity index (χ2n) is 6.27. The van der Waals surface area contributed by atoms with Crippen LogP contribution in [0.5, 0.6) is 0 Å². The highest BCUT2D eigenvalue weighted by molar-refractivity contribution is 5.95. The largest absolute Gasteiger partial charge is 0.461 e. The van der Waals surface area contributed by atoms with Crippen LogP contribution < -0.4 is 0 Å². The number of aryl methyl sites for hydroxylation is 2. The third-order valence-electron chi connectivity index (χ3n) is 4.50. The van der Waals surface area contributed by atoms with Crippen molar-refractivity contribution in [3.63, 3.8) is 0 Å². The zero-order chi connectivity index (χ0) is 18.8. The van der Waals surface area contributed by atoms with Crippen LogP contribution in [0.1, 0.15) is 34.2 Å². The minimum atomic E-state index is -0.467. The Morgan fingerprint density at radius 2 is 1.96 bits per heavy atom. The zero-order valence-corrected chi connectivity index (χ0v) is 15.0. The smallest absolute Gasteiger partial charge is 0.273 e. The summed E-state index contributed by atoms with van der Waals surface area (Å²) < 4.78 is 5.87. The van der Waals surface area contributed by atoms with E-state index in [1.54, 1.807) is 31.0 Å². The summed E-state index contributed by atoms with van der Waals surface area (Å²) in [6.45, 7) is 4.04. The lowest BCUT2D eigenvalue weighted by molar-refractivity contribution is -0.385. The summed E-state index contributed by atoms with van der Waals surface area (Å²) in [5, 5.41) is 12.1. The molecule has 0 unspecified atom stereocenters. The topological polar surface area (TPSA) is 76.6 Å². The van der Waals surface area contributed by atoms with Gasteiger partial charge in [-0.05, 0) is 19.1 Å². The number of hydrogen-bond acceptors (Lipinski definition) is 4. The number of nitrogens with zero attached hydrogens (tertiary/aromatic N) is 2. The standard InChI is InChI=1S/C20H20N2O4/c1-4-18-16(15-7-5-6-8-19(15)26-18)12-21(3)20(23)14-10-9-13(2)17(11-14)22(24)25/h5-11H,4,12H2,1-3H3. The molecule has 1 aromatic heterocycles. The Morgan fingerprint density at radius 1 is 1.23 bits per heavy atom. The van der Waals surface area contributed by atoms with E-state index in [4.69, 9.17) is 4.42 Å². The molecule has 2 aromatic carbocycles. The third kappa shape index (κ3) is 3.18. The first-order valence-electron chi connectivity index (χ1n) is 8.42. The van der Waals surface area contributed by atoms with Crippen molar-refractivity contribution in [1.82, 2.24) is 4.90 Å². The van der Waals surface area contributed by atoms with E-state index >= 15 is 0 Å². The third-order valence-corrected chi connectivity index (χ3v) is 4.50. The minimum absolute atomic E-state index is 0.0488. The Morgan fingerprint density at radius 3 is 2.65 bits per heavy atom. The van der Waals surface area contributed by atoms with Crippen LogP contribution in [0.25, 0.3) is 11.0 Å². The summed E-state index contributed by atoms with van der Waals surface area (Å²) in [6.07, 6.45) is 0.724. The van der Waals surface area contributed by atoms with Crippen molar-refractivity contribution >= 4 is 22.6 Å². The molecule has 0 saturated heterocycles. The number of furan rings is 1. The molecule has 0 radical (unpaired) electrons. The molecule has 3 rings (SSSR count). The summed E-state index contributed by atoms with van der Waals surface area (Å²) in [5.74, 6) is 0.584. The number of carbonyl (C=O) groups is 1. The highest BCUT2D eigenvalue weighted by Gasteiger charge is 2.20. The number of amides is 1. The number of para-hydroxylation sites is 1. The number of benzene rings is 2. The average molecular weight is 352 g/mol. The fourth-order valence-corrected chi connectivity index (χ4v) is 3.08. The van der Waals surface area contributed by atoms with Crippen LogP contribution in [-0.2, 0) is 13.0 Å². The van der Waals surface area contributed by atoms with Gasteiger partial charge in [-0.15, -0.1) is 0 Å². The molecule has 0 atom stereocenters. The lowest BCUT2D eigenvalue weighted by atomic mass is 10.1. The van der Waals surface area contributed by atoms with Crippen LogP contribution in [0.2, 0.25) is 0 Å². The Hall–Kier alpha value is -3.15. The Bertz CT molecular complexity index is 991. The molecule has 26 heavy (non-hydrogen) atoms. The molecule has 0 aliphatic carbocycles.